The van der Waals surface area contributed by atoms with Crippen LogP contribution in [0, 0.1) is 22.7 Å². The van der Waals surface area contributed by atoms with E-state index in [1.54, 1.807) is 0 Å². The highest BCUT2D eigenvalue weighted by molar-refractivity contribution is 6.18. The zero-order valence-electron chi connectivity index (χ0n) is 36.7. The lowest BCUT2D eigenvalue weighted by Gasteiger charge is -2.14. The Morgan fingerprint density at radius 3 is 0.913 bits per heavy atom. The van der Waals surface area contributed by atoms with Gasteiger partial charge in [0.05, 0.1) is 78.8 Å². The smallest absolute Gasteiger partial charge is 0.159 e. The summed E-state index contributed by atoms with van der Waals surface area (Å²) in [6.07, 6.45) is 0. The van der Waals surface area contributed by atoms with Gasteiger partial charge in [0, 0.05) is 65.2 Å². The average molecular weight is 879 g/mol. The molecule has 10 aromatic carbocycles. The molecule has 15 aromatic rings. The zero-order valence-corrected chi connectivity index (χ0v) is 36.7. The van der Waals surface area contributed by atoms with E-state index in [0.717, 1.165) is 121 Å². The highest BCUT2D eigenvalue weighted by atomic mass is 16.3. The number of nitrogens with zero attached hydrogens (tertiary/aromatic N) is 6. The lowest BCUT2D eigenvalue weighted by Crippen LogP contribution is -2.00. The number of hydrogen-bond donors (Lipinski definition) is 0. The Morgan fingerprint density at radius 2 is 0.565 bits per heavy atom. The lowest BCUT2D eigenvalue weighted by atomic mass is 10.1. The van der Waals surface area contributed by atoms with Crippen LogP contribution >= 0.6 is 0 Å². The second-order valence-electron chi connectivity index (χ2n) is 17.9. The molecule has 5 heterocycles. The van der Waals surface area contributed by atoms with E-state index < -0.39 is 0 Å². The van der Waals surface area contributed by atoms with E-state index >= 15 is 0 Å². The van der Waals surface area contributed by atoms with Gasteiger partial charge in [-0.15, -0.1) is 0 Å². The molecule has 0 bridgehead atoms. The standard InChI is InChI=1S/C62H34N6O/c63-35-37-25-27-57-47(29-37)45-17-5-9-21-53(45)66(57)40-32-50-49-31-39(65-51-19-7-1-13-41(51)42-14-2-8-20-52(42)65)33-59(67-54-22-10-3-15-43(54)44-16-4-11-23-55(44)67)61(49)69-62(50)60(34-40)68-56-24-12-6-18-46(56)48-30-38(36-64)26-28-58(48)68/h1-34H. The number of rotatable bonds is 4. The Bertz CT molecular complexity index is 4720. The molecular weight excluding hydrogens is 845 g/mol. The second-order valence-corrected chi connectivity index (χ2v) is 17.9. The van der Waals surface area contributed by atoms with E-state index in [9.17, 15) is 10.5 Å². The number of aromatic nitrogens is 4. The van der Waals surface area contributed by atoms with Crippen LogP contribution in [-0.4, -0.2) is 18.3 Å². The van der Waals surface area contributed by atoms with Crippen LogP contribution in [0.25, 0.3) is 132 Å². The molecule has 0 saturated carbocycles. The molecule has 0 spiro atoms. The van der Waals surface area contributed by atoms with Gasteiger partial charge in [0.2, 0.25) is 0 Å². The molecule has 7 nitrogen and oxygen atoms in total. The third-order valence-electron chi connectivity index (χ3n) is 14.4. The van der Waals surface area contributed by atoms with Gasteiger partial charge in [0.25, 0.3) is 0 Å². The van der Waals surface area contributed by atoms with E-state index in [1.807, 2.05) is 24.3 Å². The fourth-order valence-corrected chi connectivity index (χ4v) is 11.5. The Morgan fingerprint density at radius 1 is 0.275 bits per heavy atom. The maximum Gasteiger partial charge on any atom is 0.159 e. The van der Waals surface area contributed by atoms with Gasteiger partial charge in [0.15, 0.2) is 11.2 Å². The molecule has 7 heteroatoms. The summed E-state index contributed by atoms with van der Waals surface area (Å²) in [6, 6.07) is 77.2. The van der Waals surface area contributed by atoms with Crippen LogP contribution in [0.4, 0.5) is 0 Å². The molecule has 318 valence electrons. The van der Waals surface area contributed by atoms with Crippen LogP contribution in [0.15, 0.2) is 211 Å². The first-order valence-electron chi connectivity index (χ1n) is 23.0. The third kappa shape index (κ3) is 5.08. The number of para-hydroxylation sites is 6. The molecule has 15 rings (SSSR count). The second kappa shape index (κ2) is 13.9. The Kier molecular flexibility index (Phi) is 7.51. The first-order chi connectivity index (χ1) is 34.1. The van der Waals surface area contributed by atoms with Gasteiger partial charge in [-0.2, -0.15) is 10.5 Å². The van der Waals surface area contributed by atoms with Crippen molar-refractivity contribution in [3.8, 4) is 34.9 Å². The van der Waals surface area contributed by atoms with Crippen LogP contribution < -0.4 is 0 Å². The zero-order chi connectivity index (χ0) is 45.5. The summed E-state index contributed by atoms with van der Waals surface area (Å²) in [6.45, 7) is 0. The predicted octanol–water partition coefficient (Wildman–Crippen LogP) is 15.7. The van der Waals surface area contributed by atoms with Gasteiger partial charge in [-0.3, -0.25) is 0 Å². The van der Waals surface area contributed by atoms with Crippen LogP contribution in [0.1, 0.15) is 11.1 Å². The van der Waals surface area contributed by atoms with Crippen molar-refractivity contribution in [3.63, 3.8) is 0 Å². The number of nitriles is 2. The molecule has 0 aliphatic carbocycles. The molecule has 0 aliphatic heterocycles. The van der Waals surface area contributed by atoms with Crippen molar-refractivity contribution in [1.29, 1.82) is 10.5 Å². The van der Waals surface area contributed by atoms with Gasteiger partial charge in [-0.1, -0.05) is 109 Å². The fraction of sp³-hybridized carbons (Fsp3) is 0. The van der Waals surface area contributed by atoms with E-state index in [1.165, 1.54) is 10.8 Å². The fourth-order valence-electron chi connectivity index (χ4n) is 11.5. The van der Waals surface area contributed by atoms with Crippen molar-refractivity contribution in [2.75, 3.05) is 0 Å². The van der Waals surface area contributed by atoms with Crippen molar-refractivity contribution in [1.82, 2.24) is 18.3 Å². The Balaban J connectivity index is 1.16. The van der Waals surface area contributed by atoms with Gasteiger partial charge in [0.1, 0.15) is 0 Å². The van der Waals surface area contributed by atoms with Crippen molar-refractivity contribution in [2.45, 2.75) is 0 Å². The van der Waals surface area contributed by atoms with Crippen LogP contribution in [0.3, 0.4) is 0 Å². The molecule has 0 unspecified atom stereocenters. The monoisotopic (exact) mass is 878 g/mol. The van der Waals surface area contributed by atoms with Crippen LogP contribution in [0.2, 0.25) is 0 Å². The van der Waals surface area contributed by atoms with Crippen molar-refractivity contribution < 1.29 is 4.42 Å². The summed E-state index contributed by atoms with van der Waals surface area (Å²) in [5.74, 6) is 0. The van der Waals surface area contributed by atoms with E-state index in [-0.39, 0.29) is 0 Å². The Labute approximate surface area is 392 Å². The van der Waals surface area contributed by atoms with Crippen LogP contribution in [-0.2, 0) is 0 Å². The summed E-state index contributed by atoms with van der Waals surface area (Å²) in [4.78, 5) is 0. The minimum absolute atomic E-state index is 0.600. The molecule has 0 aliphatic rings. The van der Waals surface area contributed by atoms with Gasteiger partial charge >= 0.3 is 0 Å². The summed E-state index contributed by atoms with van der Waals surface area (Å²) in [7, 11) is 0. The normalized spacial score (nSPS) is 12.0. The molecule has 0 N–H and O–H groups in total. The predicted molar refractivity (Wildman–Crippen MR) is 281 cm³/mol. The number of furan rings is 1. The summed E-state index contributed by atoms with van der Waals surface area (Å²) in [5.41, 5.74) is 14.8. The van der Waals surface area contributed by atoms with Crippen molar-refractivity contribution in [3.05, 3.63) is 217 Å². The average Bonchev–Trinajstić information content (AvgIpc) is 4.21. The summed E-state index contributed by atoms with van der Waals surface area (Å²) >= 11 is 0. The largest absolute Gasteiger partial charge is 0.452 e. The maximum atomic E-state index is 10.1. The minimum Gasteiger partial charge on any atom is -0.452 e. The number of fused-ring (bicyclic) bond motifs is 15. The summed E-state index contributed by atoms with van der Waals surface area (Å²) < 4.78 is 17.0. The molecule has 69 heavy (non-hydrogen) atoms. The number of benzene rings is 10. The summed E-state index contributed by atoms with van der Waals surface area (Å²) in [5, 5.41) is 30.9. The van der Waals surface area contributed by atoms with E-state index in [4.69, 9.17) is 4.42 Å². The van der Waals surface area contributed by atoms with E-state index in [0.29, 0.717) is 11.1 Å². The van der Waals surface area contributed by atoms with Crippen molar-refractivity contribution in [2.24, 2.45) is 0 Å². The number of hydrogen-bond acceptors (Lipinski definition) is 3. The molecule has 0 atom stereocenters. The highest BCUT2D eigenvalue weighted by Crippen LogP contribution is 2.46. The lowest BCUT2D eigenvalue weighted by molar-refractivity contribution is 0.663. The van der Waals surface area contributed by atoms with Crippen molar-refractivity contribution >= 4 is 109 Å². The minimum atomic E-state index is 0.600. The highest BCUT2D eigenvalue weighted by Gasteiger charge is 2.26. The SMILES string of the molecule is N#Cc1ccc2c(c1)c1ccccc1n2-c1cc(-n2c3ccccc3c3cc(C#N)ccc32)c2oc3c(-n4c5ccccc5c5ccccc54)cc(-n4c5ccccc5c5ccccc54)cc3c2c1. The molecule has 0 amide bonds. The molecular formula is C62H34N6O. The first kappa shape index (κ1) is 37.4. The van der Waals surface area contributed by atoms with E-state index in [2.05, 4.69) is 212 Å². The van der Waals surface area contributed by atoms with Gasteiger partial charge < -0.3 is 22.7 Å². The van der Waals surface area contributed by atoms with Gasteiger partial charge in [-0.05, 0) is 97.1 Å². The molecule has 5 aromatic heterocycles. The van der Waals surface area contributed by atoms with Crippen LogP contribution in [0.5, 0.6) is 0 Å². The first-order valence-corrected chi connectivity index (χ1v) is 23.0. The molecule has 0 fully saturated rings. The third-order valence-corrected chi connectivity index (χ3v) is 14.4. The quantitative estimate of drug-likeness (QED) is 0.177. The van der Waals surface area contributed by atoms with Gasteiger partial charge in [-0.25, -0.2) is 0 Å². The Hall–Kier alpha value is -9.82. The molecule has 0 saturated heterocycles. The maximum absolute atomic E-state index is 10.1. The topological polar surface area (TPSA) is 80.4 Å². The molecule has 0 radical (unpaired) electrons.